The predicted molar refractivity (Wildman–Crippen MR) is 145 cm³/mol. The molecule has 11 atom stereocenters. The molecule has 5 nitrogen and oxygen atoms in total. The van der Waals surface area contributed by atoms with Crippen LogP contribution in [0.1, 0.15) is 120 Å². The quantitative estimate of drug-likeness (QED) is 0.430. The van der Waals surface area contributed by atoms with Gasteiger partial charge in [-0.3, -0.25) is 4.79 Å². The molecule has 0 bridgehead atoms. The third-order valence-electron chi connectivity index (χ3n) is 13.5. The molecule has 1 saturated heterocycles. The zero-order chi connectivity index (χ0) is 27.4. The van der Waals surface area contributed by atoms with Crippen molar-refractivity contribution in [1.29, 1.82) is 0 Å². The molecule has 4 unspecified atom stereocenters. The Balaban J connectivity index is 1.54. The molecule has 1 heterocycles. The lowest BCUT2D eigenvalue weighted by Gasteiger charge is -2.70. The fraction of sp³-hybridized carbons (Fsp3) is 0.969. The van der Waals surface area contributed by atoms with Gasteiger partial charge in [0.25, 0.3) is 0 Å². The van der Waals surface area contributed by atoms with E-state index in [0.717, 1.165) is 51.4 Å². The molecule has 37 heavy (non-hydrogen) atoms. The number of carbonyl (C=O) groups excluding carboxylic acids is 1. The van der Waals surface area contributed by atoms with E-state index in [2.05, 4.69) is 41.5 Å². The largest absolute Gasteiger partial charge is 0.462 e. The molecule has 5 fully saturated rings. The highest BCUT2D eigenvalue weighted by molar-refractivity contribution is 5.66. The van der Waals surface area contributed by atoms with E-state index < -0.39 is 5.60 Å². The number of carbonyl (C=O) groups is 1. The standard InChI is InChI=1S/C32H54O5/c1-19(33)36-21-18-23-29(6)14-12-24(34)27(2,3)22(29)11-16-30(23,7)31(8)15-10-20(26(21)31)32(9)17-13-25(37-32)28(4,5)35/h20-26,34-35H,10-18H2,1-9H3/t20-,21+,22?,23?,24?,25-,26?,29-,30+,31+,32+/m0/s1. The van der Waals surface area contributed by atoms with Crippen LogP contribution in [0, 0.1) is 45.3 Å². The van der Waals surface area contributed by atoms with Crippen molar-refractivity contribution in [3.8, 4) is 0 Å². The van der Waals surface area contributed by atoms with E-state index >= 15 is 0 Å². The van der Waals surface area contributed by atoms with Crippen LogP contribution < -0.4 is 0 Å². The zero-order valence-corrected chi connectivity index (χ0v) is 25.0. The monoisotopic (exact) mass is 518 g/mol. The van der Waals surface area contributed by atoms with Crippen LogP contribution in [0.4, 0.5) is 0 Å². The van der Waals surface area contributed by atoms with Crippen molar-refractivity contribution in [3.05, 3.63) is 0 Å². The minimum Gasteiger partial charge on any atom is -0.462 e. The van der Waals surface area contributed by atoms with Gasteiger partial charge in [0, 0.05) is 12.8 Å². The summed E-state index contributed by atoms with van der Waals surface area (Å²) < 4.78 is 13.0. The third-order valence-corrected chi connectivity index (χ3v) is 13.5. The first kappa shape index (κ1) is 27.9. The first-order valence-corrected chi connectivity index (χ1v) is 15.2. The molecule has 2 N–H and O–H groups in total. The maximum Gasteiger partial charge on any atom is 0.302 e. The van der Waals surface area contributed by atoms with Gasteiger partial charge in [-0.25, -0.2) is 0 Å². The van der Waals surface area contributed by atoms with Crippen molar-refractivity contribution >= 4 is 5.97 Å². The zero-order valence-electron chi connectivity index (χ0n) is 25.0. The first-order valence-electron chi connectivity index (χ1n) is 15.2. The predicted octanol–water partition coefficient (Wildman–Crippen LogP) is 6.28. The summed E-state index contributed by atoms with van der Waals surface area (Å²) in [6, 6.07) is 0. The summed E-state index contributed by atoms with van der Waals surface area (Å²) >= 11 is 0. The van der Waals surface area contributed by atoms with Crippen molar-refractivity contribution < 1.29 is 24.5 Å². The van der Waals surface area contributed by atoms with Crippen LogP contribution in [0.2, 0.25) is 0 Å². The molecule has 0 amide bonds. The fourth-order valence-electron chi connectivity index (χ4n) is 11.4. The Bertz CT molecular complexity index is 923. The van der Waals surface area contributed by atoms with Crippen LogP contribution in [0.15, 0.2) is 0 Å². The van der Waals surface area contributed by atoms with Crippen LogP contribution in [0.25, 0.3) is 0 Å². The molecule has 0 radical (unpaired) electrons. The van der Waals surface area contributed by atoms with Crippen molar-refractivity contribution in [2.75, 3.05) is 0 Å². The number of aliphatic hydroxyl groups excluding tert-OH is 1. The van der Waals surface area contributed by atoms with Gasteiger partial charge in [-0.1, -0.05) is 34.6 Å². The van der Waals surface area contributed by atoms with Gasteiger partial charge in [-0.05, 0) is 118 Å². The highest BCUT2D eigenvalue weighted by Crippen LogP contribution is 2.76. The van der Waals surface area contributed by atoms with Crippen LogP contribution in [-0.2, 0) is 14.3 Å². The molecule has 212 valence electrons. The third kappa shape index (κ3) is 3.83. The van der Waals surface area contributed by atoms with Gasteiger partial charge in [0.1, 0.15) is 6.10 Å². The number of hydrogen-bond donors (Lipinski definition) is 2. The normalized spacial score (nSPS) is 53.2. The van der Waals surface area contributed by atoms with E-state index in [1.165, 1.54) is 6.42 Å². The molecule has 0 spiro atoms. The molecule has 0 aromatic rings. The van der Waals surface area contributed by atoms with E-state index in [0.29, 0.717) is 17.8 Å². The molecule has 5 aliphatic rings. The summed E-state index contributed by atoms with van der Waals surface area (Å²) in [4.78, 5) is 12.5. The first-order chi connectivity index (χ1) is 16.9. The van der Waals surface area contributed by atoms with Crippen LogP contribution in [0.3, 0.4) is 0 Å². The van der Waals surface area contributed by atoms with Crippen LogP contribution >= 0.6 is 0 Å². The summed E-state index contributed by atoms with van der Waals surface area (Å²) in [7, 11) is 0. The molecular weight excluding hydrogens is 464 g/mol. The summed E-state index contributed by atoms with van der Waals surface area (Å²) in [6.45, 7) is 19.7. The van der Waals surface area contributed by atoms with Crippen molar-refractivity contribution in [2.45, 2.75) is 150 Å². The van der Waals surface area contributed by atoms with Crippen molar-refractivity contribution in [1.82, 2.24) is 0 Å². The highest BCUT2D eigenvalue weighted by atomic mass is 16.5. The van der Waals surface area contributed by atoms with E-state index in [1.807, 2.05) is 13.8 Å². The second-order valence-electron chi connectivity index (χ2n) is 16.0. The molecule has 5 heteroatoms. The summed E-state index contributed by atoms with van der Waals surface area (Å²) in [5.41, 5.74) is -0.944. The molecule has 5 rings (SSSR count). The van der Waals surface area contributed by atoms with Gasteiger partial charge in [-0.2, -0.15) is 0 Å². The smallest absolute Gasteiger partial charge is 0.302 e. The second kappa shape index (κ2) is 8.43. The SMILES string of the molecule is CC(=O)O[C@@H]1CC2[C@@]3(C)CCC(O)C(C)(C)C3CC[C@@]2(C)[C@]2(C)CC[C@H]([C@@]3(C)CC[C@@H](C(C)(C)O)O3)C12. The molecule has 4 aliphatic carbocycles. The van der Waals surface area contributed by atoms with E-state index in [4.69, 9.17) is 9.47 Å². The number of esters is 1. The topological polar surface area (TPSA) is 76.0 Å². The average molecular weight is 519 g/mol. The molecule has 4 saturated carbocycles. The Kier molecular flexibility index (Phi) is 6.35. The Morgan fingerprint density at radius 3 is 2.14 bits per heavy atom. The second-order valence-corrected chi connectivity index (χ2v) is 16.0. The molecule has 0 aromatic heterocycles. The number of rotatable bonds is 3. The van der Waals surface area contributed by atoms with Crippen LogP contribution in [0.5, 0.6) is 0 Å². The Morgan fingerprint density at radius 1 is 0.892 bits per heavy atom. The van der Waals surface area contributed by atoms with E-state index in [-0.39, 0.29) is 57.5 Å². The average Bonchev–Trinajstić information content (AvgIpc) is 3.35. The Morgan fingerprint density at radius 2 is 1.54 bits per heavy atom. The molecule has 0 aromatic carbocycles. The van der Waals surface area contributed by atoms with Gasteiger partial charge in [-0.15, -0.1) is 0 Å². The van der Waals surface area contributed by atoms with Gasteiger partial charge >= 0.3 is 5.97 Å². The molecular formula is C32H54O5. The van der Waals surface area contributed by atoms with Crippen LogP contribution in [-0.4, -0.2) is 45.7 Å². The number of aliphatic hydroxyl groups is 2. The number of ether oxygens (including phenoxy) is 2. The highest BCUT2D eigenvalue weighted by Gasteiger charge is 2.72. The minimum absolute atomic E-state index is 0.0497. The lowest BCUT2D eigenvalue weighted by Crippen LogP contribution is -2.67. The van der Waals surface area contributed by atoms with E-state index in [9.17, 15) is 15.0 Å². The van der Waals surface area contributed by atoms with Gasteiger partial charge in [0.2, 0.25) is 0 Å². The fourth-order valence-corrected chi connectivity index (χ4v) is 11.4. The minimum atomic E-state index is -0.857. The Hall–Kier alpha value is -0.650. The van der Waals surface area contributed by atoms with Crippen molar-refractivity contribution in [2.24, 2.45) is 45.3 Å². The lowest BCUT2D eigenvalue weighted by atomic mass is 9.35. The lowest BCUT2D eigenvalue weighted by molar-refractivity contribution is -0.252. The molecule has 1 aliphatic heterocycles. The van der Waals surface area contributed by atoms with Gasteiger partial charge in [0.05, 0.1) is 23.4 Å². The summed E-state index contributed by atoms with van der Waals surface area (Å²) in [5, 5.41) is 21.7. The van der Waals surface area contributed by atoms with E-state index in [1.54, 1.807) is 6.92 Å². The number of hydrogen-bond acceptors (Lipinski definition) is 5. The summed E-state index contributed by atoms with van der Waals surface area (Å²) in [5.74, 6) is 1.31. The number of fused-ring (bicyclic) bond motifs is 5. The van der Waals surface area contributed by atoms with Gasteiger partial charge < -0.3 is 19.7 Å². The van der Waals surface area contributed by atoms with Crippen molar-refractivity contribution in [3.63, 3.8) is 0 Å². The maximum absolute atomic E-state index is 12.5. The van der Waals surface area contributed by atoms with Gasteiger partial charge in [0.15, 0.2) is 0 Å². The summed E-state index contributed by atoms with van der Waals surface area (Å²) in [6.07, 6.45) is 8.67. The maximum atomic E-state index is 12.5. The Labute approximate surface area is 225 Å².